The summed E-state index contributed by atoms with van der Waals surface area (Å²) in [6.45, 7) is -0.847. The minimum absolute atomic E-state index is 0.00274. The summed E-state index contributed by atoms with van der Waals surface area (Å²) in [5.41, 5.74) is 1.61. The zero-order valence-electron chi connectivity index (χ0n) is 16.7. The van der Waals surface area contributed by atoms with Crippen molar-refractivity contribution < 1.29 is 23.4 Å². The molecule has 1 aromatic heterocycles. The lowest BCUT2D eigenvalue weighted by Crippen LogP contribution is -2.29. The van der Waals surface area contributed by atoms with E-state index in [0.717, 1.165) is 6.07 Å². The van der Waals surface area contributed by atoms with Gasteiger partial charge in [0.05, 0.1) is 53.5 Å². The van der Waals surface area contributed by atoms with Gasteiger partial charge in [-0.05, 0) is 30.3 Å². The molecule has 0 radical (unpaired) electrons. The standard InChI is InChI=1S/C21H20Cl2F2N4O3/c22-17-2-1-3-19(20(17)23)29-16(8-15(10-24)28-29)11-26-21(31)27-14-5-4-13(18(25)9-14)12-32-7-6-30/h1-5,8-9,30H,6-7,10-12H2,(H2,26,27,31). The van der Waals surface area contributed by atoms with Gasteiger partial charge in [-0.25, -0.2) is 18.3 Å². The van der Waals surface area contributed by atoms with Gasteiger partial charge in [0.15, 0.2) is 0 Å². The predicted molar refractivity (Wildman–Crippen MR) is 117 cm³/mol. The van der Waals surface area contributed by atoms with Crippen molar-refractivity contribution in [2.45, 2.75) is 19.8 Å². The van der Waals surface area contributed by atoms with E-state index in [9.17, 15) is 13.6 Å². The molecule has 2 amide bonds. The van der Waals surface area contributed by atoms with Gasteiger partial charge in [0.25, 0.3) is 0 Å². The van der Waals surface area contributed by atoms with E-state index < -0.39 is 18.5 Å². The van der Waals surface area contributed by atoms with E-state index >= 15 is 0 Å². The molecule has 170 valence electrons. The lowest BCUT2D eigenvalue weighted by molar-refractivity contribution is 0.0799. The molecule has 0 aliphatic rings. The maximum absolute atomic E-state index is 14.1. The molecule has 0 saturated carbocycles. The molecule has 1 heterocycles. The Labute approximate surface area is 192 Å². The number of aromatic nitrogens is 2. The normalized spacial score (nSPS) is 10.9. The van der Waals surface area contributed by atoms with Crippen molar-refractivity contribution in [2.24, 2.45) is 0 Å². The molecule has 0 spiro atoms. The van der Waals surface area contributed by atoms with E-state index in [1.807, 2.05) is 0 Å². The van der Waals surface area contributed by atoms with Crippen LogP contribution >= 0.6 is 23.2 Å². The number of hydrogen-bond donors (Lipinski definition) is 3. The number of halogens is 4. The predicted octanol–water partition coefficient (Wildman–Crippen LogP) is 4.62. The number of aliphatic hydroxyl groups excluding tert-OH is 1. The van der Waals surface area contributed by atoms with Gasteiger partial charge < -0.3 is 20.5 Å². The monoisotopic (exact) mass is 484 g/mol. The number of rotatable bonds is 9. The fourth-order valence-electron chi connectivity index (χ4n) is 2.87. The molecule has 0 aliphatic carbocycles. The van der Waals surface area contributed by atoms with Gasteiger partial charge in [-0.3, -0.25) is 0 Å². The number of amides is 2. The Hall–Kier alpha value is -2.72. The van der Waals surface area contributed by atoms with Crippen LogP contribution in [0.5, 0.6) is 0 Å². The summed E-state index contributed by atoms with van der Waals surface area (Å²) in [6, 6.07) is 10.0. The summed E-state index contributed by atoms with van der Waals surface area (Å²) < 4.78 is 33.8. The van der Waals surface area contributed by atoms with E-state index in [-0.39, 0.29) is 42.8 Å². The lowest BCUT2D eigenvalue weighted by atomic mass is 10.2. The van der Waals surface area contributed by atoms with Crippen molar-refractivity contribution in [3.8, 4) is 5.69 Å². The molecule has 0 atom stereocenters. The van der Waals surface area contributed by atoms with Crippen molar-refractivity contribution in [3.63, 3.8) is 0 Å². The molecule has 32 heavy (non-hydrogen) atoms. The molecule has 11 heteroatoms. The van der Waals surface area contributed by atoms with Gasteiger partial charge in [-0.15, -0.1) is 0 Å². The Bertz CT molecular complexity index is 1090. The third-order valence-corrected chi connectivity index (χ3v) is 5.17. The zero-order valence-corrected chi connectivity index (χ0v) is 18.3. The highest BCUT2D eigenvalue weighted by Gasteiger charge is 2.15. The number of alkyl halides is 1. The second kappa shape index (κ2) is 11.2. The average molecular weight is 485 g/mol. The topological polar surface area (TPSA) is 88.4 Å². The molecule has 3 aromatic rings. The SMILES string of the molecule is O=C(NCc1cc(CF)nn1-c1cccc(Cl)c1Cl)Nc1ccc(COCCO)c(F)c1. The van der Waals surface area contributed by atoms with Crippen LogP contribution in [0.25, 0.3) is 5.69 Å². The minimum atomic E-state index is -0.794. The smallest absolute Gasteiger partial charge is 0.319 e. The molecule has 0 unspecified atom stereocenters. The molecular formula is C21H20Cl2F2N4O3. The van der Waals surface area contributed by atoms with Crippen LogP contribution < -0.4 is 10.6 Å². The first-order valence-electron chi connectivity index (χ1n) is 9.53. The first-order chi connectivity index (χ1) is 15.4. The Morgan fingerprint density at radius 3 is 2.75 bits per heavy atom. The summed E-state index contributed by atoms with van der Waals surface area (Å²) in [4.78, 5) is 12.3. The van der Waals surface area contributed by atoms with Crippen molar-refractivity contribution in [1.29, 1.82) is 0 Å². The van der Waals surface area contributed by atoms with E-state index in [1.165, 1.54) is 22.9 Å². The van der Waals surface area contributed by atoms with Gasteiger partial charge in [-0.1, -0.05) is 35.3 Å². The maximum Gasteiger partial charge on any atom is 0.319 e. The maximum atomic E-state index is 14.1. The number of anilines is 1. The number of carbonyl (C=O) groups excluding carboxylic acids is 1. The number of benzene rings is 2. The largest absolute Gasteiger partial charge is 0.394 e. The number of carbonyl (C=O) groups is 1. The number of ether oxygens (including phenoxy) is 1. The Morgan fingerprint density at radius 1 is 1.22 bits per heavy atom. The molecule has 0 aliphatic heterocycles. The number of hydrogen-bond acceptors (Lipinski definition) is 4. The van der Waals surface area contributed by atoms with Crippen LogP contribution in [0.1, 0.15) is 17.0 Å². The fourth-order valence-corrected chi connectivity index (χ4v) is 3.24. The first-order valence-corrected chi connectivity index (χ1v) is 10.3. The summed E-state index contributed by atoms with van der Waals surface area (Å²) in [7, 11) is 0. The van der Waals surface area contributed by atoms with Crippen molar-refractivity contribution in [2.75, 3.05) is 18.5 Å². The molecule has 3 N–H and O–H groups in total. The molecule has 7 nitrogen and oxygen atoms in total. The Morgan fingerprint density at radius 2 is 2.03 bits per heavy atom. The van der Waals surface area contributed by atoms with Crippen LogP contribution in [0.3, 0.4) is 0 Å². The highest BCUT2D eigenvalue weighted by molar-refractivity contribution is 6.43. The minimum Gasteiger partial charge on any atom is -0.394 e. The highest BCUT2D eigenvalue weighted by Crippen LogP contribution is 2.29. The third kappa shape index (κ3) is 5.95. The number of nitrogens with zero attached hydrogens (tertiary/aromatic N) is 2. The Kier molecular flexibility index (Phi) is 8.40. The van der Waals surface area contributed by atoms with Gasteiger partial charge in [0, 0.05) is 11.3 Å². The van der Waals surface area contributed by atoms with E-state index in [4.69, 9.17) is 33.0 Å². The number of urea groups is 1. The molecule has 3 rings (SSSR count). The van der Waals surface area contributed by atoms with Crippen LogP contribution in [0.2, 0.25) is 10.0 Å². The van der Waals surface area contributed by atoms with Crippen LogP contribution in [0.4, 0.5) is 19.3 Å². The highest BCUT2D eigenvalue weighted by atomic mass is 35.5. The molecule has 0 bridgehead atoms. The average Bonchev–Trinajstić information content (AvgIpc) is 3.19. The lowest BCUT2D eigenvalue weighted by Gasteiger charge is -2.12. The number of aliphatic hydroxyl groups is 1. The summed E-state index contributed by atoms with van der Waals surface area (Å²) >= 11 is 12.3. The Balaban J connectivity index is 1.67. The van der Waals surface area contributed by atoms with E-state index in [2.05, 4.69) is 15.7 Å². The van der Waals surface area contributed by atoms with Crippen LogP contribution in [0, 0.1) is 5.82 Å². The fraction of sp³-hybridized carbons (Fsp3) is 0.238. The molecule has 0 fully saturated rings. The van der Waals surface area contributed by atoms with Gasteiger partial charge >= 0.3 is 6.03 Å². The van der Waals surface area contributed by atoms with Gasteiger partial charge in [0.1, 0.15) is 12.5 Å². The van der Waals surface area contributed by atoms with E-state index in [1.54, 1.807) is 18.2 Å². The zero-order chi connectivity index (χ0) is 23.1. The first kappa shape index (κ1) is 23.9. The molecule has 2 aromatic carbocycles. The van der Waals surface area contributed by atoms with Crippen molar-refractivity contribution in [1.82, 2.24) is 15.1 Å². The summed E-state index contributed by atoms with van der Waals surface area (Å²) in [5, 5.41) is 18.6. The third-order valence-electron chi connectivity index (χ3n) is 4.36. The van der Waals surface area contributed by atoms with Crippen LogP contribution in [-0.2, 0) is 24.6 Å². The van der Waals surface area contributed by atoms with E-state index in [0.29, 0.717) is 22.0 Å². The van der Waals surface area contributed by atoms with Crippen LogP contribution in [0.15, 0.2) is 42.5 Å². The molecular weight excluding hydrogens is 465 g/mol. The second-order valence-electron chi connectivity index (χ2n) is 6.64. The quantitative estimate of drug-likeness (QED) is 0.386. The summed E-state index contributed by atoms with van der Waals surface area (Å²) in [5.74, 6) is -0.554. The van der Waals surface area contributed by atoms with Crippen LogP contribution in [-0.4, -0.2) is 34.1 Å². The van der Waals surface area contributed by atoms with Crippen molar-refractivity contribution >= 4 is 34.9 Å². The molecule has 0 saturated heterocycles. The second-order valence-corrected chi connectivity index (χ2v) is 7.42. The van der Waals surface area contributed by atoms with Crippen molar-refractivity contribution in [3.05, 3.63) is 75.3 Å². The van der Waals surface area contributed by atoms with Gasteiger partial charge in [0.2, 0.25) is 0 Å². The van der Waals surface area contributed by atoms with Gasteiger partial charge in [-0.2, -0.15) is 5.10 Å². The summed E-state index contributed by atoms with van der Waals surface area (Å²) in [6.07, 6.45) is 0. The number of nitrogens with one attached hydrogen (secondary N) is 2.